The van der Waals surface area contributed by atoms with Gasteiger partial charge in [0.1, 0.15) is 6.04 Å². The van der Waals surface area contributed by atoms with Gasteiger partial charge >= 0.3 is 5.97 Å². The maximum atomic E-state index is 13.5. The van der Waals surface area contributed by atoms with Crippen molar-refractivity contribution < 1.29 is 19.4 Å². The molecule has 0 saturated heterocycles. The lowest BCUT2D eigenvalue weighted by atomic mass is 9.84. The summed E-state index contributed by atoms with van der Waals surface area (Å²) in [6.07, 6.45) is 10.9. The number of rotatable bonds is 14. The molecule has 7 heteroatoms. The minimum atomic E-state index is -0.690. The number of aryl methyl sites for hydroxylation is 1. The van der Waals surface area contributed by atoms with Crippen LogP contribution in [0.1, 0.15) is 72.9 Å². The number of hydrogen-bond acceptors (Lipinski definition) is 6. The zero-order chi connectivity index (χ0) is 27.3. The number of methoxy groups -OCH3 is 1. The summed E-state index contributed by atoms with van der Waals surface area (Å²) in [5, 5.41) is 16.2. The van der Waals surface area contributed by atoms with E-state index in [-0.39, 0.29) is 18.6 Å². The van der Waals surface area contributed by atoms with Gasteiger partial charge in [-0.2, -0.15) is 11.8 Å². The second kappa shape index (κ2) is 15.9. The highest BCUT2D eigenvalue weighted by molar-refractivity contribution is 7.98. The number of hydrogen-bond donors (Lipinski definition) is 3. The Morgan fingerprint density at radius 2 is 1.84 bits per heavy atom. The van der Waals surface area contributed by atoms with Gasteiger partial charge in [-0.1, -0.05) is 62.4 Å². The summed E-state index contributed by atoms with van der Waals surface area (Å²) in [5.74, 6) is 0.758. The van der Waals surface area contributed by atoms with Crippen molar-refractivity contribution >= 4 is 23.6 Å². The Hall–Kier alpha value is -2.35. The molecule has 0 radical (unpaired) electrons. The van der Waals surface area contributed by atoms with Crippen LogP contribution in [0.5, 0.6) is 0 Å². The number of aliphatic hydroxyl groups excluding tert-OH is 1. The van der Waals surface area contributed by atoms with Gasteiger partial charge in [-0.25, -0.2) is 4.79 Å². The first-order valence-corrected chi connectivity index (χ1v) is 15.3. The summed E-state index contributed by atoms with van der Waals surface area (Å²) in [6, 6.07) is 13.5. The van der Waals surface area contributed by atoms with Gasteiger partial charge in [-0.3, -0.25) is 4.79 Å². The van der Waals surface area contributed by atoms with Crippen LogP contribution in [0.15, 0.2) is 42.5 Å². The van der Waals surface area contributed by atoms with Crippen molar-refractivity contribution in [2.75, 3.05) is 25.7 Å². The molecule has 1 aliphatic rings. The molecule has 1 amide bonds. The van der Waals surface area contributed by atoms with Gasteiger partial charge < -0.3 is 20.5 Å². The maximum Gasteiger partial charge on any atom is 0.328 e. The Bertz CT molecular complexity index is 1040. The summed E-state index contributed by atoms with van der Waals surface area (Å²) in [5.41, 5.74) is 4.54. The topological polar surface area (TPSA) is 87.7 Å². The third kappa shape index (κ3) is 8.85. The van der Waals surface area contributed by atoms with E-state index in [2.05, 4.69) is 16.7 Å². The van der Waals surface area contributed by atoms with Crippen LogP contribution in [-0.2, 0) is 16.1 Å². The Balaban J connectivity index is 1.82. The molecule has 0 bridgehead atoms. The molecule has 0 aromatic heterocycles. The number of carbonyl (C=O) groups is 2. The number of esters is 1. The average Bonchev–Trinajstić information content (AvgIpc) is 2.94. The standard InChI is InChI=1S/C31H44N2O4S/c1-22-9-7-8-12-26(22)28-20-24(21-32-25(15-17-34)19-23-10-5-4-6-11-23)13-14-27(28)30(35)33-29(16-18-38-3)31(36)37-2/h7-9,12-14,20,23,25,29,32,34H,4-6,10-11,15-19,21H2,1-3H3,(H,33,35)/t25-,29+/m1/s1. The molecule has 6 nitrogen and oxygen atoms in total. The van der Waals surface area contributed by atoms with Crippen LogP contribution in [0.3, 0.4) is 0 Å². The largest absolute Gasteiger partial charge is 0.467 e. The fraction of sp³-hybridized carbons (Fsp3) is 0.548. The quantitative estimate of drug-likeness (QED) is 0.274. The highest BCUT2D eigenvalue weighted by Gasteiger charge is 2.24. The molecule has 208 valence electrons. The third-order valence-electron chi connectivity index (χ3n) is 7.58. The minimum Gasteiger partial charge on any atom is -0.467 e. The maximum absolute atomic E-state index is 13.5. The SMILES string of the molecule is COC(=O)[C@H](CCSC)NC(=O)c1ccc(CN[C@H](CCO)CC2CCCCC2)cc1-c1ccccc1C. The molecule has 3 rings (SSSR count). The van der Waals surface area contributed by atoms with E-state index < -0.39 is 12.0 Å². The predicted octanol–water partition coefficient (Wildman–Crippen LogP) is 5.50. The molecular formula is C31H44N2O4S. The fourth-order valence-corrected chi connectivity index (χ4v) is 5.88. The van der Waals surface area contributed by atoms with Gasteiger partial charge in [0, 0.05) is 24.8 Å². The van der Waals surface area contributed by atoms with E-state index in [1.165, 1.54) is 39.2 Å². The van der Waals surface area contributed by atoms with Gasteiger partial charge in [0.15, 0.2) is 0 Å². The van der Waals surface area contributed by atoms with Crippen LogP contribution in [0, 0.1) is 12.8 Å². The molecule has 1 aliphatic carbocycles. The Morgan fingerprint density at radius 3 is 2.53 bits per heavy atom. The van der Waals surface area contributed by atoms with Crippen molar-refractivity contribution in [1.29, 1.82) is 0 Å². The first kappa shape index (κ1) is 30.2. The molecule has 1 fully saturated rings. The molecule has 0 spiro atoms. The Labute approximate surface area is 232 Å². The zero-order valence-electron chi connectivity index (χ0n) is 23.1. The number of carbonyl (C=O) groups excluding carboxylic acids is 2. The number of ether oxygens (including phenoxy) is 1. The van der Waals surface area contributed by atoms with Crippen molar-refractivity contribution in [3.05, 3.63) is 59.2 Å². The molecule has 0 aliphatic heterocycles. The lowest BCUT2D eigenvalue weighted by Gasteiger charge is -2.27. The first-order valence-electron chi connectivity index (χ1n) is 13.9. The van der Waals surface area contributed by atoms with Crippen molar-refractivity contribution in [1.82, 2.24) is 10.6 Å². The summed E-state index contributed by atoms with van der Waals surface area (Å²) >= 11 is 1.62. The van der Waals surface area contributed by atoms with E-state index in [1.54, 1.807) is 11.8 Å². The van der Waals surface area contributed by atoms with Gasteiger partial charge in [-0.15, -0.1) is 0 Å². The predicted molar refractivity (Wildman–Crippen MR) is 156 cm³/mol. The molecule has 2 atom stereocenters. The Kier molecular flexibility index (Phi) is 12.6. The van der Waals surface area contributed by atoms with Crippen LogP contribution in [-0.4, -0.2) is 54.8 Å². The summed E-state index contributed by atoms with van der Waals surface area (Å²) < 4.78 is 4.94. The highest BCUT2D eigenvalue weighted by Crippen LogP contribution is 2.30. The average molecular weight is 541 g/mol. The number of benzene rings is 2. The van der Waals surface area contributed by atoms with Crippen molar-refractivity contribution in [3.63, 3.8) is 0 Å². The lowest BCUT2D eigenvalue weighted by Crippen LogP contribution is -2.42. The summed E-state index contributed by atoms with van der Waals surface area (Å²) in [7, 11) is 1.35. The molecule has 3 N–H and O–H groups in total. The first-order chi connectivity index (χ1) is 18.5. The van der Waals surface area contributed by atoms with E-state index in [0.717, 1.165) is 46.8 Å². The van der Waals surface area contributed by atoms with E-state index in [9.17, 15) is 14.7 Å². The summed E-state index contributed by atoms with van der Waals surface area (Å²) in [6.45, 7) is 2.88. The van der Waals surface area contributed by atoms with E-state index in [0.29, 0.717) is 18.5 Å². The molecular weight excluding hydrogens is 496 g/mol. The van der Waals surface area contributed by atoms with Crippen LogP contribution < -0.4 is 10.6 Å². The molecule has 2 aromatic rings. The van der Waals surface area contributed by atoms with Gasteiger partial charge in [0.2, 0.25) is 0 Å². The molecule has 1 saturated carbocycles. The van der Waals surface area contributed by atoms with E-state index >= 15 is 0 Å². The number of thioether (sulfide) groups is 1. The van der Waals surface area contributed by atoms with Crippen molar-refractivity contribution in [3.8, 4) is 11.1 Å². The molecule has 2 aromatic carbocycles. The van der Waals surface area contributed by atoms with Gasteiger partial charge in [0.05, 0.1) is 7.11 Å². The Morgan fingerprint density at radius 1 is 1.08 bits per heavy atom. The lowest BCUT2D eigenvalue weighted by molar-refractivity contribution is -0.142. The van der Waals surface area contributed by atoms with Gasteiger partial charge in [-0.05, 0) is 78.5 Å². The fourth-order valence-electron chi connectivity index (χ4n) is 5.41. The van der Waals surface area contributed by atoms with Crippen LogP contribution >= 0.6 is 11.8 Å². The van der Waals surface area contributed by atoms with Crippen LogP contribution in [0.2, 0.25) is 0 Å². The number of aliphatic hydroxyl groups is 1. The molecule has 0 heterocycles. The van der Waals surface area contributed by atoms with Crippen molar-refractivity contribution in [2.45, 2.75) is 76.9 Å². The third-order valence-corrected chi connectivity index (χ3v) is 8.22. The van der Waals surface area contributed by atoms with Crippen LogP contribution in [0.25, 0.3) is 11.1 Å². The smallest absolute Gasteiger partial charge is 0.328 e. The second-order valence-corrected chi connectivity index (χ2v) is 11.3. The second-order valence-electron chi connectivity index (χ2n) is 10.4. The summed E-state index contributed by atoms with van der Waals surface area (Å²) in [4.78, 5) is 25.8. The zero-order valence-corrected chi connectivity index (χ0v) is 23.9. The minimum absolute atomic E-state index is 0.176. The number of amides is 1. The molecule has 0 unspecified atom stereocenters. The van der Waals surface area contributed by atoms with Crippen LogP contribution in [0.4, 0.5) is 0 Å². The van der Waals surface area contributed by atoms with E-state index in [1.807, 2.05) is 49.6 Å². The van der Waals surface area contributed by atoms with E-state index in [4.69, 9.17) is 4.74 Å². The van der Waals surface area contributed by atoms with Crippen molar-refractivity contribution in [2.24, 2.45) is 5.92 Å². The monoisotopic (exact) mass is 540 g/mol. The number of nitrogens with one attached hydrogen (secondary N) is 2. The molecule has 38 heavy (non-hydrogen) atoms. The normalized spacial score (nSPS) is 15.6. The highest BCUT2D eigenvalue weighted by atomic mass is 32.2. The van der Waals surface area contributed by atoms with Gasteiger partial charge in [0.25, 0.3) is 5.91 Å².